The number of halogens is 2. The van der Waals surface area contributed by atoms with E-state index in [-0.39, 0.29) is 11.7 Å². The fourth-order valence-electron chi connectivity index (χ4n) is 1.79. The minimum absolute atomic E-state index is 0.118. The van der Waals surface area contributed by atoms with Gasteiger partial charge in [0, 0.05) is 24.8 Å². The molecule has 0 aliphatic rings. The van der Waals surface area contributed by atoms with E-state index in [0.29, 0.717) is 16.7 Å². The maximum absolute atomic E-state index is 13.4. The van der Waals surface area contributed by atoms with Crippen LogP contribution in [0.2, 0.25) is 0 Å². The van der Waals surface area contributed by atoms with Crippen LogP contribution in [-0.2, 0) is 11.3 Å². The average Bonchev–Trinajstić information content (AvgIpc) is 2.41. The van der Waals surface area contributed by atoms with Crippen molar-refractivity contribution in [3.63, 3.8) is 0 Å². The summed E-state index contributed by atoms with van der Waals surface area (Å²) in [6, 6.07) is 12.4. The number of anilines is 2. The molecule has 3 nitrogen and oxygen atoms in total. The van der Waals surface area contributed by atoms with Gasteiger partial charge in [0.2, 0.25) is 5.91 Å². The summed E-state index contributed by atoms with van der Waals surface area (Å²) in [6.45, 7) is 1.96. The van der Waals surface area contributed by atoms with Gasteiger partial charge in [-0.05, 0) is 45.8 Å². The van der Waals surface area contributed by atoms with Crippen molar-refractivity contribution >= 4 is 33.2 Å². The number of hydrogen-bond donors (Lipinski definition) is 2. The summed E-state index contributed by atoms with van der Waals surface area (Å²) in [5.41, 5.74) is 2.37. The number of nitrogens with one attached hydrogen (secondary N) is 2. The summed E-state index contributed by atoms with van der Waals surface area (Å²) in [6.07, 6.45) is 0. The van der Waals surface area contributed by atoms with E-state index in [1.807, 2.05) is 24.3 Å². The third-order valence-electron chi connectivity index (χ3n) is 2.73. The molecule has 0 aliphatic heterocycles. The van der Waals surface area contributed by atoms with Crippen LogP contribution in [0.3, 0.4) is 0 Å². The molecule has 0 fully saturated rings. The second-order valence-corrected chi connectivity index (χ2v) is 5.18. The molecule has 20 heavy (non-hydrogen) atoms. The number of carbonyl (C=O) groups is 1. The number of hydrogen-bond acceptors (Lipinski definition) is 2. The Hall–Kier alpha value is -1.88. The van der Waals surface area contributed by atoms with Crippen molar-refractivity contribution in [2.45, 2.75) is 13.5 Å². The van der Waals surface area contributed by atoms with E-state index in [4.69, 9.17) is 0 Å². The highest BCUT2D eigenvalue weighted by atomic mass is 79.9. The Morgan fingerprint density at radius 1 is 1.25 bits per heavy atom. The third kappa shape index (κ3) is 3.81. The van der Waals surface area contributed by atoms with Crippen LogP contribution >= 0.6 is 15.9 Å². The Morgan fingerprint density at radius 3 is 2.70 bits per heavy atom. The molecule has 2 aromatic carbocycles. The minimum atomic E-state index is -0.315. The van der Waals surface area contributed by atoms with Crippen LogP contribution in [0.5, 0.6) is 0 Å². The molecule has 104 valence electrons. The Labute approximate surface area is 125 Å². The van der Waals surface area contributed by atoms with E-state index in [1.54, 1.807) is 12.1 Å². The van der Waals surface area contributed by atoms with Gasteiger partial charge >= 0.3 is 0 Å². The van der Waals surface area contributed by atoms with Gasteiger partial charge in [0.1, 0.15) is 5.82 Å². The van der Waals surface area contributed by atoms with Gasteiger partial charge < -0.3 is 10.6 Å². The first-order valence-electron chi connectivity index (χ1n) is 6.10. The molecule has 1 amide bonds. The molecule has 0 saturated heterocycles. The molecule has 0 aromatic heterocycles. The molecule has 0 heterocycles. The Bertz CT molecular complexity index is 631. The van der Waals surface area contributed by atoms with Gasteiger partial charge in [0.15, 0.2) is 0 Å². The zero-order chi connectivity index (χ0) is 14.5. The van der Waals surface area contributed by atoms with Crippen LogP contribution in [0.1, 0.15) is 12.5 Å². The highest BCUT2D eigenvalue weighted by Gasteiger charge is 2.04. The lowest BCUT2D eigenvalue weighted by molar-refractivity contribution is -0.114. The van der Waals surface area contributed by atoms with E-state index in [9.17, 15) is 9.18 Å². The second-order valence-electron chi connectivity index (χ2n) is 4.32. The molecule has 2 aromatic rings. The SMILES string of the molecule is CC(=O)Nc1ccccc1CNc1ccc(Br)c(F)c1. The monoisotopic (exact) mass is 336 g/mol. The lowest BCUT2D eigenvalue weighted by Crippen LogP contribution is -2.10. The summed E-state index contributed by atoms with van der Waals surface area (Å²) in [5, 5.41) is 5.90. The molecule has 0 spiro atoms. The van der Waals surface area contributed by atoms with E-state index >= 15 is 0 Å². The highest BCUT2D eigenvalue weighted by molar-refractivity contribution is 9.10. The maximum atomic E-state index is 13.4. The van der Waals surface area contributed by atoms with Crippen molar-refractivity contribution < 1.29 is 9.18 Å². The predicted molar refractivity (Wildman–Crippen MR) is 82.2 cm³/mol. The first-order chi connectivity index (χ1) is 9.56. The first-order valence-corrected chi connectivity index (χ1v) is 6.90. The van der Waals surface area contributed by atoms with Gasteiger partial charge in [-0.1, -0.05) is 18.2 Å². The lowest BCUT2D eigenvalue weighted by Gasteiger charge is -2.12. The van der Waals surface area contributed by atoms with Crippen LogP contribution in [0, 0.1) is 5.82 Å². The zero-order valence-corrected chi connectivity index (χ0v) is 12.5. The fraction of sp³-hybridized carbons (Fsp3) is 0.133. The average molecular weight is 337 g/mol. The minimum Gasteiger partial charge on any atom is -0.381 e. The van der Waals surface area contributed by atoms with Crippen LogP contribution in [0.15, 0.2) is 46.9 Å². The second kappa shape index (κ2) is 6.52. The van der Waals surface area contributed by atoms with Gasteiger partial charge in [0.25, 0.3) is 0 Å². The smallest absolute Gasteiger partial charge is 0.221 e. The van der Waals surface area contributed by atoms with Crippen molar-refractivity contribution in [1.82, 2.24) is 0 Å². The van der Waals surface area contributed by atoms with Crippen LogP contribution in [-0.4, -0.2) is 5.91 Å². The van der Waals surface area contributed by atoms with E-state index in [0.717, 1.165) is 11.3 Å². The van der Waals surface area contributed by atoms with Crippen LogP contribution in [0.4, 0.5) is 15.8 Å². The summed E-state index contributed by atoms with van der Waals surface area (Å²) < 4.78 is 13.8. The lowest BCUT2D eigenvalue weighted by atomic mass is 10.1. The van der Waals surface area contributed by atoms with Crippen molar-refractivity contribution in [3.05, 3.63) is 58.3 Å². The van der Waals surface area contributed by atoms with Gasteiger partial charge in [-0.25, -0.2) is 4.39 Å². The van der Waals surface area contributed by atoms with Gasteiger partial charge in [-0.3, -0.25) is 4.79 Å². The standard InChI is InChI=1S/C15H14BrFN2O/c1-10(20)19-15-5-3-2-4-11(15)9-18-12-6-7-13(16)14(17)8-12/h2-8,18H,9H2,1H3,(H,19,20). The quantitative estimate of drug-likeness (QED) is 0.880. The topological polar surface area (TPSA) is 41.1 Å². The van der Waals surface area contributed by atoms with Gasteiger partial charge in [0.05, 0.1) is 4.47 Å². The molecule has 0 saturated carbocycles. The molecule has 0 aliphatic carbocycles. The number of para-hydroxylation sites is 1. The molecule has 0 unspecified atom stereocenters. The normalized spacial score (nSPS) is 10.2. The summed E-state index contributed by atoms with van der Waals surface area (Å²) >= 11 is 3.11. The van der Waals surface area contributed by atoms with Gasteiger partial charge in [-0.2, -0.15) is 0 Å². The Balaban J connectivity index is 2.10. The summed E-state index contributed by atoms with van der Waals surface area (Å²) in [7, 11) is 0. The molecular weight excluding hydrogens is 323 g/mol. The van der Waals surface area contributed by atoms with Crippen molar-refractivity contribution in [1.29, 1.82) is 0 Å². The zero-order valence-electron chi connectivity index (χ0n) is 10.9. The summed E-state index contributed by atoms with van der Waals surface area (Å²) in [5.74, 6) is -0.433. The van der Waals surface area contributed by atoms with Crippen molar-refractivity contribution in [2.75, 3.05) is 10.6 Å². The Kier molecular flexibility index (Phi) is 4.74. The number of benzene rings is 2. The number of carbonyl (C=O) groups excluding carboxylic acids is 1. The van der Waals surface area contributed by atoms with Crippen LogP contribution in [0.25, 0.3) is 0 Å². The van der Waals surface area contributed by atoms with Gasteiger partial charge in [-0.15, -0.1) is 0 Å². The molecule has 2 N–H and O–H groups in total. The molecule has 0 bridgehead atoms. The molecule has 0 radical (unpaired) electrons. The number of amides is 1. The molecular formula is C15H14BrFN2O. The third-order valence-corrected chi connectivity index (χ3v) is 3.37. The van der Waals surface area contributed by atoms with Crippen LogP contribution < -0.4 is 10.6 Å². The fourth-order valence-corrected chi connectivity index (χ4v) is 2.04. The highest BCUT2D eigenvalue weighted by Crippen LogP contribution is 2.21. The first kappa shape index (κ1) is 14.5. The van der Waals surface area contributed by atoms with E-state index in [1.165, 1.54) is 13.0 Å². The van der Waals surface area contributed by atoms with E-state index < -0.39 is 0 Å². The largest absolute Gasteiger partial charge is 0.381 e. The molecule has 2 rings (SSSR count). The predicted octanol–water partition coefficient (Wildman–Crippen LogP) is 4.16. The summed E-state index contributed by atoms with van der Waals surface area (Å²) in [4.78, 5) is 11.1. The molecule has 0 atom stereocenters. The molecule has 5 heteroatoms. The van der Waals surface area contributed by atoms with Crippen molar-refractivity contribution in [2.24, 2.45) is 0 Å². The van der Waals surface area contributed by atoms with E-state index in [2.05, 4.69) is 26.6 Å². The number of rotatable bonds is 4. The van der Waals surface area contributed by atoms with Crippen molar-refractivity contribution in [3.8, 4) is 0 Å². The maximum Gasteiger partial charge on any atom is 0.221 e. The Morgan fingerprint density at radius 2 is 2.00 bits per heavy atom.